The van der Waals surface area contributed by atoms with Gasteiger partial charge in [0.25, 0.3) is 0 Å². The Morgan fingerprint density at radius 3 is 3.06 bits per heavy atom. The number of hydrogen-bond donors (Lipinski definition) is 2. The van der Waals surface area contributed by atoms with Crippen molar-refractivity contribution in [3.05, 3.63) is 0 Å². The first-order valence-corrected chi connectivity index (χ1v) is 6.13. The average Bonchev–Trinajstić information content (AvgIpc) is 2.29. The normalized spacial score (nSPS) is 22.1. The van der Waals surface area contributed by atoms with Gasteiger partial charge in [-0.25, -0.2) is 0 Å². The molecule has 0 aromatic heterocycles. The molecule has 0 spiro atoms. The Bertz CT molecular complexity index is 253. The Balaban J connectivity index is 2.25. The molecule has 1 saturated heterocycles. The lowest BCUT2D eigenvalue weighted by atomic mass is 9.95. The minimum atomic E-state index is 0.0223. The van der Waals surface area contributed by atoms with E-state index in [2.05, 4.69) is 16.7 Å². The standard InChI is InChI=1S/C12H21N3O/c1-2-11(5-6-13)15-12(16)8-10-4-3-7-14-9-10/h10-11,14H,2-5,7-9H2,1H3,(H,15,16). The van der Waals surface area contributed by atoms with Gasteiger partial charge in [0.2, 0.25) is 5.91 Å². The molecule has 2 unspecified atom stereocenters. The van der Waals surface area contributed by atoms with Crippen LogP contribution in [-0.2, 0) is 4.79 Å². The zero-order valence-electron chi connectivity index (χ0n) is 9.96. The molecule has 0 aromatic carbocycles. The summed E-state index contributed by atoms with van der Waals surface area (Å²) in [5.41, 5.74) is 0. The fourth-order valence-electron chi connectivity index (χ4n) is 2.05. The van der Waals surface area contributed by atoms with Crippen molar-refractivity contribution < 1.29 is 4.79 Å². The highest BCUT2D eigenvalue weighted by atomic mass is 16.1. The monoisotopic (exact) mass is 223 g/mol. The third-order valence-corrected chi connectivity index (χ3v) is 3.07. The first-order chi connectivity index (χ1) is 7.76. The van der Waals surface area contributed by atoms with E-state index in [4.69, 9.17) is 5.26 Å². The number of nitrogens with zero attached hydrogens (tertiary/aromatic N) is 1. The van der Waals surface area contributed by atoms with Gasteiger partial charge < -0.3 is 10.6 Å². The third kappa shape index (κ3) is 4.63. The summed E-state index contributed by atoms with van der Waals surface area (Å²) in [6.07, 6.45) is 4.12. The van der Waals surface area contributed by atoms with E-state index in [-0.39, 0.29) is 11.9 Å². The largest absolute Gasteiger partial charge is 0.352 e. The van der Waals surface area contributed by atoms with Crippen molar-refractivity contribution in [1.29, 1.82) is 5.26 Å². The van der Waals surface area contributed by atoms with E-state index in [1.165, 1.54) is 0 Å². The average molecular weight is 223 g/mol. The molecule has 0 radical (unpaired) electrons. The fraction of sp³-hybridized carbons (Fsp3) is 0.833. The number of piperidine rings is 1. The number of rotatable bonds is 5. The minimum absolute atomic E-state index is 0.0223. The summed E-state index contributed by atoms with van der Waals surface area (Å²) in [5, 5.41) is 14.8. The Hall–Kier alpha value is -1.08. The Kier molecular flexibility index (Phi) is 5.87. The Morgan fingerprint density at radius 1 is 1.69 bits per heavy atom. The van der Waals surface area contributed by atoms with Gasteiger partial charge in [0.15, 0.2) is 0 Å². The molecule has 4 heteroatoms. The zero-order chi connectivity index (χ0) is 11.8. The van der Waals surface area contributed by atoms with Crippen molar-refractivity contribution in [2.24, 2.45) is 5.92 Å². The molecule has 16 heavy (non-hydrogen) atoms. The van der Waals surface area contributed by atoms with Gasteiger partial charge >= 0.3 is 0 Å². The number of carbonyl (C=O) groups excluding carboxylic acids is 1. The maximum absolute atomic E-state index is 11.7. The van der Waals surface area contributed by atoms with Crippen LogP contribution < -0.4 is 10.6 Å². The van der Waals surface area contributed by atoms with Crippen molar-refractivity contribution in [3.8, 4) is 6.07 Å². The van der Waals surface area contributed by atoms with E-state index in [9.17, 15) is 4.79 Å². The van der Waals surface area contributed by atoms with Gasteiger partial charge in [-0.05, 0) is 38.3 Å². The number of nitriles is 1. The lowest BCUT2D eigenvalue weighted by Gasteiger charge is -2.23. The summed E-state index contributed by atoms with van der Waals surface area (Å²) < 4.78 is 0. The van der Waals surface area contributed by atoms with Crippen LogP contribution >= 0.6 is 0 Å². The van der Waals surface area contributed by atoms with Crippen LogP contribution in [0.1, 0.15) is 39.0 Å². The maximum atomic E-state index is 11.7. The summed E-state index contributed by atoms with van der Waals surface area (Å²) in [5.74, 6) is 0.559. The molecule has 1 fully saturated rings. The number of hydrogen-bond acceptors (Lipinski definition) is 3. The molecule has 1 aliphatic rings. The van der Waals surface area contributed by atoms with Crippen LogP contribution in [-0.4, -0.2) is 25.0 Å². The Labute approximate surface area is 97.4 Å². The van der Waals surface area contributed by atoms with E-state index >= 15 is 0 Å². The fourth-order valence-corrected chi connectivity index (χ4v) is 2.05. The molecular weight excluding hydrogens is 202 g/mol. The van der Waals surface area contributed by atoms with Crippen molar-refractivity contribution >= 4 is 5.91 Å². The van der Waals surface area contributed by atoms with Gasteiger partial charge in [0.05, 0.1) is 12.5 Å². The van der Waals surface area contributed by atoms with Crippen molar-refractivity contribution in [2.45, 2.75) is 45.1 Å². The van der Waals surface area contributed by atoms with Gasteiger partial charge in [0, 0.05) is 12.5 Å². The number of carbonyl (C=O) groups is 1. The van der Waals surface area contributed by atoms with Gasteiger partial charge in [-0.3, -0.25) is 4.79 Å². The summed E-state index contributed by atoms with van der Waals surface area (Å²) in [6.45, 7) is 4.01. The van der Waals surface area contributed by atoms with Crippen LogP contribution in [0.15, 0.2) is 0 Å². The van der Waals surface area contributed by atoms with Crippen LogP contribution in [0.25, 0.3) is 0 Å². The summed E-state index contributed by atoms with van der Waals surface area (Å²) in [4.78, 5) is 11.7. The molecule has 90 valence electrons. The lowest BCUT2D eigenvalue weighted by Crippen LogP contribution is -2.38. The Morgan fingerprint density at radius 2 is 2.50 bits per heavy atom. The molecule has 1 heterocycles. The number of nitrogens with one attached hydrogen (secondary N) is 2. The van der Waals surface area contributed by atoms with E-state index < -0.39 is 0 Å². The van der Waals surface area contributed by atoms with E-state index in [1.54, 1.807) is 0 Å². The smallest absolute Gasteiger partial charge is 0.220 e. The number of amides is 1. The van der Waals surface area contributed by atoms with Crippen LogP contribution in [0, 0.1) is 17.2 Å². The summed E-state index contributed by atoms with van der Waals surface area (Å²) in [7, 11) is 0. The molecule has 0 bridgehead atoms. The van der Waals surface area contributed by atoms with Crippen LogP contribution in [0.4, 0.5) is 0 Å². The van der Waals surface area contributed by atoms with Gasteiger partial charge in [-0.15, -0.1) is 0 Å². The second-order valence-electron chi connectivity index (χ2n) is 4.45. The van der Waals surface area contributed by atoms with E-state index in [0.717, 1.165) is 32.4 Å². The SMILES string of the molecule is CCC(CC#N)NC(=O)CC1CCCNC1. The second kappa shape index (κ2) is 7.24. The molecule has 1 aliphatic heterocycles. The highest BCUT2D eigenvalue weighted by Crippen LogP contribution is 2.13. The van der Waals surface area contributed by atoms with Crippen LogP contribution in [0.2, 0.25) is 0 Å². The van der Waals surface area contributed by atoms with Crippen LogP contribution in [0.5, 0.6) is 0 Å². The van der Waals surface area contributed by atoms with Crippen molar-refractivity contribution in [2.75, 3.05) is 13.1 Å². The highest BCUT2D eigenvalue weighted by Gasteiger charge is 2.18. The third-order valence-electron chi connectivity index (χ3n) is 3.07. The van der Waals surface area contributed by atoms with E-state index in [0.29, 0.717) is 18.8 Å². The van der Waals surface area contributed by atoms with Gasteiger partial charge in [0.1, 0.15) is 0 Å². The van der Waals surface area contributed by atoms with Crippen LogP contribution in [0.3, 0.4) is 0 Å². The maximum Gasteiger partial charge on any atom is 0.220 e. The topological polar surface area (TPSA) is 64.9 Å². The molecule has 2 N–H and O–H groups in total. The minimum Gasteiger partial charge on any atom is -0.352 e. The molecule has 0 saturated carbocycles. The summed E-state index contributed by atoms with van der Waals surface area (Å²) >= 11 is 0. The lowest BCUT2D eigenvalue weighted by molar-refractivity contribution is -0.122. The van der Waals surface area contributed by atoms with Gasteiger partial charge in [-0.2, -0.15) is 5.26 Å². The summed E-state index contributed by atoms with van der Waals surface area (Å²) in [6, 6.07) is 2.12. The van der Waals surface area contributed by atoms with Crippen molar-refractivity contribution in [3.63, 3.8) is 0 Å². The molecule has 1 amide bonds. The first-order valence-electron chi connectivity index (χ1n) is 6.13. The van der Waals surface area contributed by atoms with Gasteiger partial charge in [-0.1, -0.05) is 6.92 Å². The van der Waals surface area contributed by atoms with E-state index in [1.807, 2.05) is 6.92 Å². The van der Waals surface area contributed by atoms with Crippen molar-refractivity contribution in [1.82, 2.24) is 10.6 Å². The zero-order valence-corrected chi connectivity index (χ0v) is 9.96. The molecule has 0 aliphatic carbocycles. The highest BCUT2D eigenvalue weighted by molar-refractivity contribution is 5.76. The molecule has 2 atom stereocenters. The predicted octanol–water partition coefficient (Wildman–Crippen LogP) is 1.18. The second-order valence-corrected chi connectivity index (χ2v) is 4.45. The molecular formula is C12H21N3O. The predicted molar refractivity (Wildman–Crippen MR) is 62.7 cm³/mol. The molecule has 4 nitrogen and oxygen atoms in total. The first kappa shape index (κ1) is 13.0. The molecule has 1 rings (SSSR count). The molecule has 0 aromatic rings. The quantitative estimate of drug-likeness (QED) is 0.735.